The van der Waals surface area contributed by atoms with E-state index in [2.05, 4.69) is 10.2 Å². The first-order valence-electron chi connectivity index (χ1n) is 10.0. The number of nitrogens with zero attached hydrogens (tertiary/aromatic N) is 5. The highest BCUT2D eigenvalue weighted by atomic mass is 32.2. The standard InChI is InChI=1S/C20H19N5O4S3/c1-13-5-4-10-23(12-13)32(28,29)14-8-9-18(16(11-14)25(26)27)31-20-22-21-19-24(20)15-6-2-3-7-17(15)30-19/h2-3,6-9,11,13H,4-5,10,12H2,1H3. The SMILES string of the molecule is CC1CCCN(S(=O)(=O)c2ccc(Sc3nnc4sc5ccccc5n34)c([N+](=O)[O-])c2)C1. The zero-order chi connectivity index (χ0) is 22.5. The van der Waals surface area contributed by atoms with Crippen LogP contribution < -0.4 is 0 Å². The Morgan fingerprint density at radius 2 is 2.03 bits per heavy atom. The number of piperidine rings is 1. The minimum Gasteiger partial charge on any atom is -0.260 e. The number of nitro benzene ring substituents is 1. The van der Waals surface area contributed by atoms with E-state index in [9.17, 15) is 18.5 Å². The molecule has 1 saturated heterocycles. The van der Waals surface area contributed by atoms with Crippen LogP contribution in [-0.4, -0.2) is 45.3 Å². The lowest BCUT2D eigenvalue weighted by Gasteiger charge is -2.30. The molecule has 5 rings (SSSR count). The van der Waals surface area contributed by atoms with Crippen molar-refractivity contribution in [2.24, 2.45) is 5.92 Å². The van der Waals surface area contributed by atoms with E-state index >= 15 is 0 Å². The summed E-state index contributed by atoms with van der Waals surface area (Å²) in [5.74, 6) is 0.263. The number of thiazole rings is 1. The quantitative estimate of drug-likeness (QED) is 0.301. The molecule has 1 aliphatic heterocycles. The van der Waals surface area contributed by atoms with Gasteiger partial charge in [0.2, 0.25) is 20.1 Å². The number of fused-ring (bicyclic) bond motifs is 3. The van der Waals surface area contributed by atoms with Gasteiger partial charge in [-0.05, 0) is 54.8 Å². The van der Waals surface area contributed by atoms with Crippen LogP contribution in [0.25, 0.3) is 15.2 Å². The van der Waals surface area contributed by atoms with Crippen molar-refractivity contribution in [3.8, 4) is 0 Å². The number of aromatic nitrogens is 3. The van der Waals surface area contributed by atoms with Gasteiger partial charge in [-0.3, -0.25) is 14.5 Å². The van der Waals surface area contributed by atoms with Crippen molar-refractivity contribution in [3.05, 3.63) is 52.6 Å². The third kappa shape index (κ3) is 3.66. The monoisotopic (exact) mass is 489 g/mol. The third-order valence-electron chi connectivity index (χ3n) is 5.50. The van der Waals surface area contributed by atoms with E-state index in [0.29, 0.717) is 28.1 Å². The molecule has 3 heterocycles. The van der Waals surface area contributed by atoms with Crippen LogP contribution in [0.15, 0.2) is 57.4 Å². The Bertz CT molecular complexity index is 1450. The lowest BCUT2D eigenvalue weighted by Crippen LogP contribution is -2.39. The highest BCUT2D eigenvalue weighted by Gasteiger charge is 2.31. The Balaban J connectivity index is 1.53. The molecule has 1 atom stereocenters. The Morgan fingerprint density at radius 3 is 2.81 bits per heavy atom. The summed E-state index contributed by atoms with van der Waals surface area (Å²) < 4.78 is 30.5. The minimum atomic E-state index is -3.80. The summed E-state index contributed by atoms with van der Waals surface area (Å²) in [6.45, 7) is 2.87. The molecule has 1 fully saturated rings. The summed E-state index contributed by atoms with van der Waals surface area (Å²) in [5.41, 5.74) is 0.651. The molecule has 12 heteroatoms. The van der Waals surface area contributed by atoms with E-state index in [1.807, 2.05) is 35.6 Å². The van der Waals surface area contributed by atoms with Gasteiger partial charge in [0.25, 0.3) is 5.69 Å². The molecule has 0 aliphatic carbocycles. The van der Waals surface area contributed by atoms with Gasteiger partial charge in [0.1, 0.15) is 0 Å². The number of hydrogen-bond acceptors (Lipinski definition) is 8. The second-order valence-electron chi connectivity index (χ2n) is 7.77. The Kier molecular flexibility index (Phi) is 5.40. The zero-order valence-corrected chi connectivity index (χ0v) is 19.5. The molecule has 4 aromatic rings. The van der Waals surface area contributed by atoms with Gasteiger partial charge in [-0.15, -0.1) is 10.2 Å². The van der Waals surface area contributed by atoms with Crippen molar-refractivity contribution in [2.45, 2.75) is 34.7 Å². The summed E-state index contributed by atoms with van der Waals surface area (Å²) >= 11 is 2.58. The van der Waals surface area contributed by atoms with Crippen molar-refractivity contribution in [1.29, 1.82) is 0 Å². The highest BCUT2D eigenvalue weighted by Crippen LogP contribution is 2.38. The molecular weight excluding hydrogens is 470 g/mol. The molecule has 0 N–H and O–H groups in total. The molecule has 1 unspecified atom stereocenters. The number of benzene rings is 2. The predicted molar refractivity (Wildman–Crippen MR) is 123 cm³/mol. The fraction of sp³-hybridized carbons (Fsp3) is 0.300. The molecule has 0 amide bonds. The van der Waals surface area contributed by atoms with E-state index in [1.165, 1.54) is 27.8 Å². The summed E-state index contributed by atoms with van der Waals surface area (Å²) in [6, 6.07) is 11.8. The van der Waals surface area contributed by atoms with Crippen LogP contribution in [0.4, 0.5) is 5.69 Å². The van der Waals surface area contributed by atoms with Crippen molar-refractivity contribution >= 4 is 54.0 Å². The minimum absolute atomic E-state index is 0.0602. The van der Waals surface area contributed by atoms with E-state index in [0.717, 1.165) is 40.9 Å². The summed E-state index contributed by atoms with van der Waals surface area (Å²) in [7, 11) is -3.80. The molecule has 0 bridgehead atoms. The van der Waals surface area contributed by atoms with Gasteiger partial charge in [0.15, 0.2) is 0 Å². The number of sulfonamides is 1. The summed E-state index contributed by atoms with van der Waals surface area (Å²) in [6.07, 6.45) is 1.76. The maximum Gasteiger partial charge on any atom is 0.284 e. The molecule has 2 aromatic carbocycles. The van der Waals surface area contributed by atoms with Crippen LogP contribution in [-0.2, 0) is 10.0 Å². The number of para-hydroxylation sites is 1. The van der Waals surface area contributed by atoms with Gasteiger partial charge in [-0.2, -0.15) is 4.31 Å². The van der Waals surface area contributed by atoms with Crippen molar-refractivity contribution in [1.82, 2.24) is 18.9 Å². The largest absolute Gasteiger partial charge is 0.284 e. The molecule has 166 valence electrons. The van der Waals surface area contributed by atoms with Gasteiger partial charge >= 0.3 is 0 Å². The van der Waals surface area contributed by atoms with Gasteiger partial charge in [0.05, 0.1) is 24.9 Å². The van der Waals surface area contributed by atoms with E-state index in [1.54, 1.807) is 0 Å². The fourth-order valence-electron chi connectivity index (χ4n) is 3.92. The Morgan fingerprint density at radius 1 is 1.22 bits per heavy atom. The maximum absolute atomic E-state index is 13.1. The second-order valence-corrected chi connectivity index (χ2v) is 11.7. The average molecular weight is 490 g/mol. The molecule has 9 nitrogen and oxygen atoms in total. The number of nitro groups is 1. The van der Waals surface area contributed by atoms with Crippen LogP contribution in [0.1, 0.15) is 19.8 Å². The van der Waals surface area contributed by atoms with Gasteiger partial charge < -0.3 is 0 Å². The van der Waals surface area contributed by atoms with Crippen LogP contribution in [0.5, 0.6) is 0 Å². The summed E-state index contributed by atoms with van der Waals surface area (Å²) in [5, 5.41) is 20.7. The van der Waals surface area contributed by atoms with Crippen LogP contribution in [0.3, 0.4) is 0 Å². The van der Waals surface area contributed by atoms with E-state index < -0.39 is 14.9 Å². The smallest absolute Gasteiger partial charge is 0.260 e. The first-order chi connectivity index (χ1) is 15.3. The third-order valence-corrected chi connectivity index (χ3v) is 9.38. The van der Waals surface area contributed by atoms with Crippen molar-refractivity contribution < 1.29 is 13.3 Å². The number of rotatable bonds is 5. The van der Waals surface area contributed by atoms with Crippen LogP contribution in [0.2, 0.25) is 0 Å². The molecule has 0 radical (unpaired) electrons. The fourth-order valence-corrected chi connectivity index (χ4v) is 7.49. The molecule has 1 aliphatic rings. The maximum atomic E-state index is 13.1. The van der Waals surface area contributed by atoms with E-state index in [-0.39, 0.29) is 16.5 Å². The predicted octanol–water partition coefficient (Wildman–Crippen LogP) is 4.42. The highest BCUT2D eigenvalue weighted by molar-refractivity contribution is 7.99. The van der Waals surface area contributed by atoms with Crippen LogP contribution >= 0.6 is 23.1 Å². The first-order valence-corrected chi connectivity index (χ1v) is 13.1. The van der Waals surface area contributed by atoms with Gasteiger partial charge in [-0.1, -0.05) is 30.4 Å². The number of hydrogen-bond donors (Lipinski definition) is 0. The zero-order valence-electron chi connectivity index (χ0n) is 17.0. The second kappa shape index (κ2) is 8.10. The molecule has 0 spiro atoms. The topological polar surface area (TPSA) is 111 Å². The van der Waals surface area contributed by atoms with E-state index in [4.69, 9.17) is 0 Å². The Hall–Kier alpha value is -2.54. The summed E-state index contributed by atoms with van der Waals surface area (Å²) in [4.78, 5) is 12.2. The van der Waals surface area contributed by atoms with Gasteiger partial charge in [0, 0.05) is 19.2 Å². The average Bonchev–Trinajstić information content (AvgIpc) is 3.33. The molecule has 2 aromatic heterocycles. The molecule has 32 heavy (non-hydrogen) atoms. The normalized spacial score (nSPS) is 17.8. The first kappa shape index (κ1) is 21.3. The Labute approximate surface area is 192 Å². The van der Waals surface area contributed by atoms with Crippen molar-refractivity contribution in [2.75, 3.05) is 13.1 Å². The van der Waals surface area contributed by atoms with Gasteiger partial charge in [-0.25, -0.2) is 8.42 Å². The van der Waals surface area contributed by atoms with Crippen LogP contribution in [0, 0.1) is 16.0 Å². The molecule has 0 saturated carbocycles. The van der Waals surface area contributed by atoms with Crippen molar-refractivity contribution in [3.63, 3.8) is 0 Å². The lowest BCUT2D eigenvalue weighted by molar-refractivity contribution is -0.388. The molecular formula is C20H19N5O4S3. The lowest BCUT2D eigenvalue weighted by atomic mass is 10.0.